The number of carboxylic acids is 4. The van der Waals surface area contributed by atoms with Gasteiger partial charge in [-0.3, -0.25) is 28.3 Å². The average molecular weight is 785 g/mol. The smallest absolute Gasteiger partial charge is 0.328 e. The average Bonchev–Trinajstić information content (AvgIpc) is 3.07. The topological polar surface area (TPSA) is 258 Å². The number of unbranched alkanes of at least 4 members (excludes halogenated alkanes) is 2. The van der Waals surface area contributed by atoms with Crippen LogP contribution in [0.3, 0.4) is 0 Å². The number of carboxylic acid groups (broad SMARTS) is 4. The van der Waals surface area contributed by atoms with Gasteiger partial charge in [0.15, 0.2) is 0 Å². The fourth-order valence-corrected chi connectivity index (χ4v) is 11.4. The molecule has 0 aromatic carbocycles. The summed E-state index contributed by atoms with van der Waals surface area (Å²) in [5.41, 5.74) is 0. The van der Waals surface area contributed by atoms with Gasteiger partial charge in [-0.1, -0.05) is 118 Å². The van der Waals surface area contributed by atoms with Crippen molar-refractivity contribution in [3.05, 3.63) is 0 Å². The first-order valence-electron chi connectivity index (χ1n) is 19.1. The van der Waals surface area contributed by atoms with E-state index in [1.54, 1.807) is 0 Å². The molecule has 0 aromatic rings. The zero-order chi connectivity index (χ0) is 39.9. The predicted octanol–water partition coefficient (Wildman–Crippen LogP) is 7.17. The number of aliphatic carboxylic acids is 4. The summed E-state index contributed by atoms with van der Waals surface area (Å²) in [7, 11) is -10.3. The van der Waals surface area contributed by atoms with E-state index < -0.39 is 83.7 Å². The summed E-state index contributed by atoms with van der Waals surface area (Å²) in [4.78, 5) is 48.4. The van der Waals surface area contributed by atoms with Gasteiger partial charge in [-0.2, -0.15) is 16.8 Å². The molecule has 52 heavy (non-hydrogen) atoms. The van der Waals surface area contributed by atoms with Crippen molar-refractivity contribution in [1.29, 1.82) is 0 Å². The Morgan fingerprint density at radius 1 is 0.635 bits per heavy atom. The first-order valence-corrected chi connectivity index (χ1v) is 22.0. The van der Waals surface area contributed by atoms with E-state index in [9.17, 15) is 65.5 Å². The number of carbonyl (C=O) groups is 4. The Balaban J connectivity index is 0.000000525. The van der Waals surface area contributed by atoms with Gasteiger partial charge < -0.3 is 20.4 Å². The molecule has 6 atom stereocenters. The van der Waals surface area contributed by atoms with Gasteiger partial charge in [-0.25, -0.2) is 0 Å². The number of hydrogen-bond acceptors (Lipinski definition) is 8. The lowest BCUT2D eigenvalue weighted by Crippen LogP contribution is -2.62. The molecule has 16 heteroatoms. The van der Waals surface area contributed by atoms with Crippen molar-refractivity contribution in [2.75, 3.05) is 0 Å². The van der Waals surface area contributed by atoms with E-state index in [0.29, 0.717) is 64.2 Å². The molecule has 0 saturated heterocycles. The molecule has 0 aliphatic heterocycles. The zero-order valence-electron chi connectivity index (χ0n) is 31.4. The van der Waals surface area contributed by atoms with Crippen LogP contribution in [0.2, 0.25) is 0 Å². The van der Waals surface area contributed by atoms with E-state index in [0.717, 1.165) is 51.4 Å². The zero-order valence-corrected chi connectivity index (χ0v) is 33.0. The van der Waals surface area contributed by atoms with Crippen molar-refractivity contribution in [2.45, 2.75) is 166 Å². The molecule has 2 fully saturated rings. The van der Waals surface area contributed by atoms with E-state index in [2.05, 4.69) is 0 Å². The molecule has 0 amide bonds. The molecule has 0 heterocycles. The van der Waals surface area contributed by atoms with E-state index >= 15 is 0 Å². The van der Waals surface area contributed by atoms with Gasteiger partial charge in [0.25, 0.3) is 20.2 Å². The Kier molecular flexibility index (Phi) is 19.8. The Morgan fingerprint density at radius 3 is 1.44 bits per heavy atom. The van der Waals surface area contributed by atoms with Crippen LogP contribution in [0.5, 0.6) is 0 Å². The molecule has 0 bridgehead atoms. The predicted molar refractivity (Wildman–Crippen MR) is 195 cm³/mol. The highest BCUT2D eigenvalue weighted by Gasteiger charge is 2.65. The molecular formula is C36H64O14S2. The van der Waals surface area contributed by atoms with Crippen LogP contribution >= 0.6 is 0 Å². The number of rotatable bonds is 22. The second-order valence-electron chi connectivity index (χ2n) is 15.0. The Bertz CT molecular complexity index is 1370. The normalized spacial score (nSPS) is 20.9. The third-order valence-electron chi connectivity index (χ3n) is 11.8. The molecule has 2 rings (SSSR count). The Hall–Kier alpha value is -2.30. The fourth-order valence-electron chi connectivity index (χ4n) is 8.73. The highest BCUT2D eigenvalue weighted by Crippen LogP contribution is 2.48. The SMILES string of the molecule is CCCCC(CC)CC(C(=O)O)C(CC(CC)CCCC)(C(=O)O)S(=O)(=O)O.O=C(O)C(C1CCCCC1)C(C(=O)O)(C1CCCCC1)S(=O)(=O)O. The van der Waals surface area contributed by atoms with Gasteiger partial charge in [0.2, 0.25) is 9.49 Å². The van der Waals surface area contributed by atoms with Crippen LogP contribution < -0.4 is 0 Å². The third kappa shape index (κ3) is 11.6. The molecule has 2 aliphatic carbocycles. The summed E-state index contributed by atoms with van der Waals surface area (Å²) < 4.78 is 63.8. The molecule has 14 nitrogen and oxygen atoms in total. The van der Waals surface area contributed by atoms with Gasteiger partial charge in [-0.15, -0.1) is 0 Å². The standard InChI is InChI=1S/C20H38O7S.C16H26O7S/c1-5-9-11-15(7-3)13-17(18(21)22)20(19(23)24,28(25,26)27)14-16(8-4)12-10-6-2;17-14(18)13(11-7-3-1-4-8-11)16(15(19)20,24(21,22)23)12-9-5-2-6-10-12/h15-17H,5-14H2,1-4H3,(H,21,22)(H,23,24)(H,25,26,27);11-13H,1-10H2,(H,17,18)(H,19,20)(H,21,22,23). The molecule has 0 radical (unpaired) electrons. The lowest BCUT2D eigenvalue weighted by Gasteiger charge is -2.43. The van der Waals surface area contributed by atoms with Crippen LogP contribution in [-0.4, -0.2) is 79.7 Å². The summed E-state index contributed by atoms with van der Waals surface area (Å²) in [5.74, 6) is -11.6. The summed E-state index contributed by atoms with van der Waals surface area (Å²) in [6.07, 6.45) is 11.5. The number of hydrogen-bond donors (Lipinski definition) is 6. The van der Waals surface area contributed by atoms with E-state index in [1.807, 2.05) is 27.7 Å². The van der Waals surface area contributed by atoms with Crippen LogP contribution in [0.15, 0.2) is 0 Å². The molecule has 304 valence electrons. The van der Waals surface area contributed by atoms with Gasteiger partial charge in [0, 0.05) is 0 Å². The summed E-state index contributed by atoms with van der Waals surface area (Å²) in [5, 5.41) is 39.3. The molecule has 6 N–H and O–H groups in total. The maximum atomic E-state index is 12.4. The maximum Gasteiger partial charge on any atom is 0.328 e. The van der Waals surface area contributed by atoms with Crippen LogP contribution in [-0.2, 0) is 39.4 Å². The second kappa shape index (κ2) is 21.6. The largest absolute Gasteiger partial charge is 0.481 e. The van der Waals surface area contributed by atoms with Gasteiger partial charge >= 0.3 is 23.9 Å². The Morgan fingerprint density at radius 2 is 1.10 bits per heavy atom. The van der Waals surface area contributed by atoms with E-state index in [4.69, 9.17) is 0 Å². The molecule has 6 unspecified atom stereocenters. The molecule has 0 spiro atoms. The van der Waals surface area contributed by atoms with Gasteiger partial charge in [-0.05, 0) is 62.2 Å². The minimum Gasteiger partial charge on any atom is -0.481 e. The van der Waals surface area contributed by atoms with Crippen LogP contribution in [0.1, 0.15) is 156 Å². The van der Waals surface area contributed by atoms with Crippen molar-refractivity contribution < 1.29 is 65.5 Å². The summed E-state index contributed by atoms with van der Waals surface area (Å²) in [6, 6.07) is 0. The lowest BCUT2D eigenvalue weighted by atomic mass is 9.66. The molecule has 2 aliphatic rings. The van der Waals surface area contributed by atoms with Crippen molar-refractivity contribution in [2.24, 2.45) is 35.5 Å². The molecule has 2 saturated carbocycles. The first kappa shape index (κ1) is 47.7. The maximum absolute atomic E-state index is 12.4. The van der Waals surface area contributed by atoms with Crippen molar-refractivity contribution in [1.82, 2.24) is 0 Å². The highest BCUT2D eigenvalue weighted by atomic mass is 32.2. The van der Waals surface area contributed by atoms with Crippen molar-refractivity contribution in [3.8, 4) is 0 Å². The van der Waals surface area contributed by atoms with Crippen LogP contribution in [0, 0.1) is 35.5 Å². The van der Waals surface area contributed by atoms with Crippen LogP contribution in [0.4, 0.5) is 0 Å². The van der Waals surface area contributed by atoms with Crippen molar-refractivity contribution in [3.63, 3.8) is 0 Å². The summed E-state index contributed by atoms with van der Waals surface area (Å²) in [6.45, 7) is 7.67. The van der Waals surface area contributed by atoms with Crippen molar-refractivity contribution >= 4 is 44.1 Å². The third-order valence-corrected chi connectivity index (χ3v) is 14.9. The summed E-state index contributed by atoms with van der Waals surface area (Å²) >= 11 is 0. The fraction of sp³-hybridized carbons (Fsp3) is 0.889. The van der Waals surface area contributed by atoms with E-state index in [-0.39, 0.29) is 18.3 Å². The van der Waals surface area contributed by atoms with Gasteiger partial charge in [0.1, 0.15) is 0 Å². The van der Waals surface area contributed by atoms with Gasteiger partial charge in [0.05, 0.1) is 11.8 Å². The quantitative estimate of drug-likeness (QED) is 0.0595. The Labute approximate surface area is 310 Å². The molecule has 0 aromatic heterocycles. The minimum absolute atomic E-state index is 0.0812. The van der Waals surface area contributed by atoms with Crippen LogP contribution in [0.25, 0.3) is 0 Å². The minimum atomic E-state index is -5.15. The van der Waals surface area contributed by atoms with E-state index in [1.165, 1.54) is 0 Å². The first-order chi connectivity index (χ1) is 24.2. The lowest BCUT2D eigenvalue weighted by molar-refractivity contribution is -0.157. The monoisotopic (exact) mass is 784 g/mol. The molecular weight excluding hydrogens is 721 g/mol. The second-order valence-corrected chi connectivity index (χ2v) is 18.3. The highest BCUT2D eigenvalue weighted by molar-refractivity contribution is 7.88.